The lowest BCUT2D eigenvalue weighted by molar-refractivity contribution is 0.419. The van der Waals surface area contributed by atoms with Gasteiger partial charge >= 0.3 is 0 Å². The highest BCUT2D eigenvalue weighted by Crippen LogP contribution is 2.31. The Morgan fingerprint density at radius 1 is 1.19 bits per heavy atom. The number of piperidine rings is 1. The minimum atomic E-state index is 0.184. The summed E-state index contributed by atoms with van der Waals surface area (Å²) in [6.45, 7) is 4.35. The second-order valence-electron chi connectivity index (χ2n) is 8.06. The van der Waals surface area contributed by atoms with Crippen molar-refractivity contribution in [2.24, 2.45) is 0 Å². The number of nitrogens with two attached hydrogens (primary N) is 1. The smallest absolute Gasteiger partial charge is 0.227 e. The molecule has 0 unspecified atom stereocenters. The monoisotopic (exact) mass is 420 g/mol. The Bertz CT molecular complexity index is 1280. The van der Waals surface area contributed by atoms with Crippen molar-refractivity contribution in [2.75, 3.05) is 37.4 Å². The summed E-state index contributed by atoms with van der Waals surface area (Å²) in [4.78, 5) is 11.7. The van der Waals surface area contributed by atoms with E-state index in [1.165, 1.54) is 0 Å². The zero-order valence-corrected chi connectivity index (χ0v) is 17.3. The predicted octanol–water partition coefficient (Wildman–Crippen LogP) is 0.947. The highest BCUT2D eigenvalue weighted by Gasteiger charge is 2.29. The van der Waals surface area contributed by atoms with Crippen LogP contribution < -0.4 is 20.7 Å². The van der Waals surface area contributed by atoms with Crippen molar-refractivity contribution in [1.29, 1.82) is 0 Å². The maximum atomic E-state index is 6.23. The fraction of sp³-hybridized carbons (Fsp3) is 0.450. The highest BCUT2D eigenvalue weighted by atomic mass is 16.5. The molecule has 2 aliphatic heterocycles. The van der Waals surface area contributed by atoms with Crippen molar-refractivity contribution in [3.8, 4) is 5.75 Å². The molecule has 0 amide bonds. The first-order chi connectivity index (χ1) is 15.2. The largest absolute Gasteiger partial charge is 0.494 e. The molecule has 1 fully saturated rings. The van der Waals surface area contributed by atoms with E-state index >= 15 is 0 Å². The zero-order chi connectivity index (χ0) is 20.9. The van der Waals surface area contributed by atoms with E-state index < -0.39 is 0 Å². The summed E-state index contributed by atoms with van der Waals surface area (Å²) in [5.74, 6) is 3.88. The van der Waals surface area contributed by atoms with Crippen molar-refractivity contribution >= 4 is 28.4 Å². The zero-order valence-electron chi connectivity index (χ0n) is 17.3. The average Bonchev–Trinajstić information content (AvgIpc) is 3.45. The molecule has 0 aliphatic carbocycles. The first-order valence-electron chi connectivity index (χ1n) is 10.6. The first kappa shape index (κ1) is 18.3. The van der Waals surface area contributed by atoms with Crippen molar-refractivity contribution in [2.45, 2.75) is 31.8 Å². The van der Waals surface area contributed by atoms with Crippen LogP contribution >= 0.6 is 0 Å². The fourth-order valence-electron chi connectivity index (χ4n) is 4.66. The SMILES string of the molecule is COc1cccc2c1nc(N)n1nc([C@@H]3CCCN(c4nnc5n4CCNC5)C3)nc21. The lowest BCUT2D eigenvalue weighted by Gasteiger charge is -2.32. The van der Waals surface area contributed by atoms with Gasteiger partial charge in [0.2, 0.25) is 11.9 Å². The number of benzene rings is 1. The highest BCUT2D eigenvalue weighted by molar-refractivity contribution is 5.95. The third kappa shape index (κ3) is 2.87. The van der Waals surface area contributed by atoms with E-state index in [4.69, 9.17) is 20.6 Å². The predicted molar refractivity (Wildman–Crippen MR) is 115 cm³/mol. The maximum absolute atomic E-state index is 6.23. The van der Waals surface area contributed by atoms with E-state index in [-0.39, 0.29) is 5.92 Å². The molecule has 31 heavy (non-hydrogen) atoms. The lowest BCUT2D eigenvalue weighted by Crippen LogP contribution is -2.38. The molecule has 0 spiro atoms. The van der Waals surface area contributed by atoms with Gasteiger partial charge in [0, 0.05) is 37.5 Å². The van der Waals surface area contributed by atoms with E-state index in [1.54, 1.807) is 11.6 Å². The first-order valence-corrected chi connectivity index (χ1v) is 10.6. The third-order valence-electron chi connectivity index (χ3n) is 6.20. The van der Waals surface area contributed by atoms with E-state index in [1.807, 2.05) is 18.2 Å². The van der Waals surface area contributed by atoms with Gasteiger partial charge in [0.25, 0.3) is 0 Å². The summed E-state index contributed by atoms with van der Waals surface area (Å²) in [5, 5.41) is 17.8. The summed E-state index contributed by atoms with van der Waals surface area (Å²) in [6, 6.07) is 5.77. The number of hydrogen-bond donors (Lipinski definition) is 2. The van der Waals surface area contributed by atoms with Crippen LogP contribution in [0, 0.1) is 0 Å². The van der Waals surface area contributed by atoms with Crippen LogP contribution in [0.25, 0.3) is 16.6 Å². The lowest BCUT2D eigenvalue weighted by atomic mass is 9.97. The van der Waals surface area contributed by atoms with Crippen LogP contribution in [-0.2, 0) is 13.1 Å². The van der Waals surface area contributed by atoms with Crippen LogP contribution in [0.5, 0.6) is 5.75 Å². The topological polar surface area (TPSA) is 124 Å². The number of nitrogens with one attached hydrogen (secondary N) is 1. The number of anilines is 2. The standard InChI is InChI=1S/C20H24N10O/c1-31-14-6-2-5-13-16(14)23-19(21)30-18(13)24-17(27-30)12-4-3-8-28(11-12)20-26-25-15-10-22-7-9-29(15)20/h2,5-6,12,22H,3-4,7-11H2,1H3,(H2,21,23)/t12-/m1/s1. The van der Waals surface area contributed by atoms with Crippen LogP contribution in [0.2, 0.25) is 0 Å². The van der Waals surface area contributed by atoms with E-state index in [2.05, 4.69) is 30.0 Å². The molecule has 0 bridgehead atoms. The number of ether oxygens (including phenoxy) is 1. The number of hydrogen-bond acceptors (Lipinski definition) is 9. The Balaban J connectivity index is 1.37. The Kier molecular flexibility index (Phi) is 4.16. The minimum Gasteiger partial charge on any atom is -0.494 e. The normalized spacial score (nSPS) is 19.1. The van der Waals surface area contributed by atoms with Crippen LogP contribution in [0.1, 0.15) is 30.4 Å². The van der Waals surface area contributed by atoms with Crippen molar-refractivity contribution in [3.63, 3.8) is 0 Å². The molecule has 1 aromatic carbocycles. The van der Waals surface area contributed by atoms with Gasteiger partial charge in [-0.3, -0.25) is 4.57 Å². The average molecular weight is 420 g/mol. The van der Waals surface area contributed by atoms with Crippen molar-refractivity contribution in [1.82, 2.24) is 39.7 Å². The molecule has 5 heterocycles. The molecule has 1 saturated heterocycles. The number of fused-ring (bicyclic) bond motifs is 4. The van der Waals surface area contributed by atoms with Crippen LogP contribution in [0.4, 0.5) is 11.9 Å². The van der Waals surface area contributed by atoms with Gasteiger partial charge in [-0.15, -0.1) is 15.3 Å². The second-order valence-corrected chi connectivity index (χ2v) is 8.06. The summed E-state index contributed by atoms with van der Waals surface area (Å²) in [6.07, 6.45) is 2.06. The van der Waals surface area contributed by atoms with Gasteiger partial charge in [-0.2, -0.15) is 4.52 Å². The molecule has 0 saturated carbocycles. The number of para-hydroxylation sites is 1. The van der Waals surface area contributed by atoms with Gasteiger partial charge in [0.1, 0.15) is 17.1 Å². The van der Waals surface area contributed by atoms with Gasteiger partial charge in [-0.25, -0.2) is 9.97 Å². The quantitative estimate of drug-likeness (QED) is 0.498. The van der Waals surface area contributed by atoms with Gasteiger partial charge in [0.05, 0.1) is 13.7 Å². The Hall–Kier alpha value is -3.47. The van der Waals surface area contributed by atoms with Crippen LogP contribution in [-0.4, -0.2) is 61.1 Å². The number of nitrogen functional groups attached to an aromatic ring is 1. The summed E-state index contributed by atoms with van der Waals surface area (Å²) in [7, 11) is 1.63. The van der Waals surface area contributed by atoms with Crippen molar-refractivity contribution < 1.29 is 4.74 Å². The molecule has 2 aliphatic rings. The van der Waals surface area contributed by atoms with Gasteiger partial charge < -0.3 is 20.7 Å². The number of aromatic nitrogens is 7. The molecule has 11 nitrogen and oxygen atoms in total. The van der Waals surface area contributed by atoms with Gasteiger partial charge in [-0.05, 0) is 25.0 Å². The molecular weight excluding hydrogens is 396 g/mol. The van der Waals surface area contributed by atoms with E-state index in [0.29, 0.717) is 22.9 Å². The molecule has 3 N–H and O–H groups in total. The molecule has 3 aromatic heterocycles. The molecule has 6 rings (SSSR count). The Labute approximate surface area is 178 Å². The van der Waals surface area contributed by atoms with Gasteiger partial charge in [0.15, 0.2) is 11.5 Å². The summed E-state index contributed by atoms with van der Waals surface area (Å²) in [5.41, 5.74) is 7.63. The van der Waals surface area contributed by atoms with E-state index in [0.717, 1.165) is 68.5 Å². The molecule has 0 radical (unpaired) electrons. The summed E-state index contributed by atoms with van der Waals surface area (Å²) >= 11 is 0. The molecular formula is C20H24N10O. The summed E-state index contributed by atoms with van der Waals surface area (Å²) < 4.78 is 9.31. The number of methoxy groups -OCH3 is 1. The Morgan fingerprint density at radius 2 is 2.13 bits per heavy atom. The third-order valence-corrected chi connectivity index (χ3v) is 6.20. The molecule has 1 atom stereocenters. The van der Waals surface area contributed by atoms with Crippen molar-refractivity contribution in [3.05, 3.63) is 29.8 Å². The van der Waals surface area contributed by atoms with E-state index in [9.17, 15) is 0 Å². The maximum Gasteiger partial charge on any atom is 0.227 e. The fourth-order valence-corrected chi connectivity index (χ4v) is 4.66. The number of rotatable bonds is 3. The van der Waals surface area contributed by atoms with Crippen LogP contribution in [0.15, 0.2) is 18.2 Å². The molecule has 11 heteroatoms. The molecule has 160 valence electrons. The number of nitrogens with zero attached hydrogens (tertiary/aromatic N) is 8. The van der Waals surface area contributed by atoms with Crippen LogP contribution in [0.3, 0.4) is 0 Å². The Morgan fingerprint density at radius 3 is 3.03 bits per heavy atom. The second kappa shape index (κ2) is 7.05. The van der Waals surface area contributed by atoms with Gasteiger partial charge in [-0.1, -0.05) is 6.07 Å². The molecule has 4 aromatic rings. The minimum absolute atomic E-state index is 0.184.